The highest BCUT2D eigenvalue weighted by atomic mass is 35.5. The fraction of sp³-hybridized carbons (Fsp3) is 0.207. The number of halogens is 5. The Hall–Kier alpha value is -3.26. The fourth-order valence-electron chi connectivity index (χ4n) is 3.99. The number of hydrogen-bond acceptors (Lipinski definition) is 3. The molecule has 0 atom stereocenters. The highest BCUT2D eigenvalue weighted by Gasteiger charge is 2.30. The van der Waals surface area contributed by atoms with Gasteiger partial charge in [0.05, 0.1) is 12.1 Å². The predicted molar refractivity (Wildman–Crippen MR) is 142 cm³/mol. The lowest BCUT2D eigenvalue weighted by Gasteiger charge is -2.22. The summed E-state index contributed by atoms with van der Waals surface area (Å²) in [5.41, 5.74) is 1.97. The van der Waals surface area contributed by atoms with E-state index in [1.807, 2.05) is 41.3 Å². The van der Waals surface area contributed by atoms with E-state index in [1.54, 1.807) is 24.3 Å². The summed E-state index contributed by atoms with van der Waals surface area (Å²) in [6.45, 7) is 1.68. The van der Waals surface area contributed by atoms with Crippen LogP contribution in [0.2, 0.25) is 10.0 Å². The molecule has 1 aromatic heterocycles. The first-order valence-corrected chi connectivity index (χ1v) is 12.7. The molecule has 1 N–H and O–H groups in total. The van der Waals surface area contributed by atoms with Crippen LogP contribution in [0.5, 0.6) is 0 Å². The summed E-state index contributed by atoms with van der Waals surface area (Å²) in [5.74, 6) is 0.397. The molecule has 0 fully saturated rings. The average molecular weight is 561 g/mol. The number of furan rings is 1. The van der Waals surface area contributed by atoms with Crippen LogP contribution in [0, 0.1) is 0 Å². The second-order valence-electron chi connectivity index (χ2n) is 8.83. The third kappa shape index (κ3) is 7.87. The molecule has 0 aliphatic carbocycles. The molecule has 0 spiro atoms. The minimum atomic E-state index is -4.38. The van der Waals surface area contributed by atoms with Crippen molar-refractivity contribution in [2.24, 2.45) is 0 Å². The quantitative estimate of drug-likeness (QED) is 0.215. The third-order valence-corrected chi connectivity index (χ3v) is 6.48. The zero-order valence-corrected chi connectivity index (χ0v) is 21.8. The molecule has 0 saturated carbocycles. The van der Waals surface area contributed by atoms with Gasteiger partial charge in [-0.3, -0.25) is 9.69 Å². The van der Waals surface area contributed by atoms with Gasteiger partial charge in [-0.1, -0.05) is 71.7 Å². The molecule has 4 rings (SSSR count). The lowest BCUT2D eigenvalue weighted by atomic mass is 10.1. The molecule has 4 nitrogen and oxygen atoms in total. The minimum Gasteiger partial charge on any atom is -0.455 e. The van der Waals surface area contributed by atoms with Crippen LogP contribution in [0.1, 0.15) is 38.6 Å². The van der Waals surface area contributed by atoms with Crippen molar-refractivity contribution in [1.29, 1.82) is 0 Å². The smallest absolute Gasteiger partial charge is 0.416 e. The summed E-state index contributed by atoms with van der Waals surface area (Å²) in [6.07, 6.45) is -3.85. The summed E-state index contributed by atoms with van der Waals surface area (Å²) in [6, 6.07) is 23.4. The number of benzene rings is 3. The van der Waals surface area contributed by atoms with Crippen LogP contribution in [0.25, 0.3) is 0 Å². The van der Waals surface area contributed by atoms with E-state index in [-0.39, 0.29) is 11.7 Å². The first-order chi connectivity index (χ1) is 18.2. The van der Waals surface area contributed by atoms with Gasteiger partial charge in [0.15, 0.2) is 5.76 Å². The van der Waals surface area contributed by atoms with Crippen LogP contribution in [0.4, 0.5) is 13.2 Å². The maximum atomic E-state index is 13.0. The Bertz CT molecular complexity index is 1360. The van der Waals surface area contributed by atoms with Crippen LogP contribution < -0.4 is 5.32 Å². The van der Waals surface area contributed by atoms with Crippen LogP contribution in [-0.4, -0.2) is 17.4 Å². The summed E-state index contributed by atoms with van der Waals surface area (Å²) >= 11 is 12.1. The van der Waals surface area contributed by atoms with Crippen molar-refractivity contribution in [2.45, 2.75) is 32.2 Å². The molecule has 1 amide bonds. The van der Waals surface area contributed by atoms with Gasteiger partial charge in [0.2, 0.25) is 0 Å². The summed E-state index contributed by atoms with van der Waals surface area (Å²) in [4.78, 5) is 14.6. The average Bonchev–Trinajstić information content (AvgIpc) is 3.34. The van der Waals surface area contributed by atoms with Gasteiger partial charge in [0.25, 0.3) is 5.91 Å². The van der Waals surface area contributed by atoms with Crippen molar-refractivity contribution < 1.29 is 22.4 Å². The largest absolute Gasteiger partial charge is 0.455 e. The van der Waals surface area contributed by atoms with E-state index in [9.17, 15) is 18.0 Å². The summed E-state index contributed by atoms with van der Waals surface area (Å²) in [5, 5.41) is 3.91. The predicted octanol–water partition coefficient (Wildman–Crippen LogP) is 7.78. The molecule has 198 valence electrons. The highest BCUT2D eigenvalue weighted by molar-refractivity contribution is 6.35. The maximum absolute atomic E-state index is 13.0. The molecule has 1 heterocycles. The molecule has 4 aromatic rings. The van der Waals surface area contributed by atoms with Crippen LogP contribution in [0.15, 0.2) is 89.3 Å². The van der Waals surface area contributed by atoms with Crippen molar-refractivity contribution >= 4 is 29.1 Å². The Morgan fingerprint density at radius 2 is 1.53 bits per heavy atom. The van der Waals surface area contributed by atoms with E-state index >= 15 is 0 Å². The molecular formula is C29H25Cl2F3N2O2. The summed E-state index contributed by atoms with van der Waals surface area (Å²) < 4.78 is 44.7. The van der Waals surface area contributed by atoms with Gasteiger partial charge in [-0.2, -0.15) is 13.2 Å². The Morgan fingerprint density at radius 1 is 0.842 bits per heavy atom. The second kappa shape index (κ2) is 12.5. The van der Waals surface area contributed by atoms with Crippen LogP contribution >= 0.6 is 23.2 Å². The number of carbonyl (C=O) groups excluding carboxylic acids is 1. The van der Waals surface area contributed by atoms with Crippen molar-refractivity contribution in [1.82, 2.24) is 10.2 Å². The molecule has 3 aromatic carbocycles. The number of carbonyl (C=O) groups is 1. The second-order valence-corrected chi connectivity index (χ2v) is 9.68. The lowest BCUT2D eigenvalue weighted by Crippen LogP contribution is -2.25. The number of nitrogens with zero attached hydrogens (tertiary/aromatic N) is 1. The van der Waals surface area contributed by atoms with Gasteiger partial charge in [-0.05, 0) is 59.5 Å². The fourth-order valence-corrected chi connectivity index (χ4v) is 4.50. The highest BCUT2D eigenvalue weighted by Crippen LogP contribution is 2.29. The molecular weight excluding hydrogens is 536 g/mol. The van der Waals surface area contributed by atoms with Crippen molar-refractivity contribution in [3.8, 4) is 0 Å². The van der Waals surface area contributed by atoms with Gasteiger partial charge in [-0.25, -0.2) is 0 Å². The molecule has 0 unspecified atom stereocenters. The Kier molecular flexibility index (Phi) is 9.15. The van der Waals surface area contributed by atoms with Gasteiger partial charge in [-0.15, -0.1) is 0 Å². The number of nitrogens with one attached hydrogen (secondary N) is 1. The first kappa shape index (κ1) is 27.8. The molecule has 0 bridgehead atoms. The van der Waals surface area contributed by atoms with Gasteiger partial charge >= 0.3 is 6.18 Å². The topological polar surface area (TPSA) is 45.5 Å². The van der Waals surface area contributed by atoms with Crippen molar-refractivity contribution in [3.63, 3.8) is 0 Å². The maximum Gasteiger partial charge on any atom is 0.416 e. The number of alkyl halides is 3. The summed E-state index contributed by atoms with van der Waals surface area (Å²) in [7, 11) is 0. The van der Waals surface area contributed by atoms with Crippen LogP contribution in [-0.2, 0) is 32.2 Å². The van der Waals surface area contributed by atoms with E-state index < -0.39 is 11.7 Å². The van der Waals surface area contributed by atoms with Gasteiger partial charge in [0, 0.05) is 29.7 Å². The monoisotopic (exact) mass is 560 g/mol. The van der Waals surface area contributed by atoms with E-state index in [2.05, 4.69) is 5.32 Å². The normalized spacial score (nSPS) is 11.6. The van der Waals surface area contributed by atoms with E-state index in [0.717, 1.165) is 28.8 Å². The Labute approximate surface area is 229 Å². The van der Waals surface area contributed by atoms with E-state index in [0.29, 0.717) is 48.4 Å². The van der Waals surface area contributed by atoms with Gasteiger partial charge in [0.1, 0.15) is 5.76 Å². The third-order valence-electron chi connectivity index (χ3n) is 5.90. The van der Waals surface area contributed by atoms with E-state index in [1.165, 1.54) is 12.1 Å². The zero-order chi connectivity index (χ0) is 27.1. The molecule has 0 aliphatic rings. The number of rotatable bonds is 10. The molecule has 9 heteroatoms. The molecule has 0 aliphatic heterocycles. The zero-order valence-electron chi connectivity index (χ0n) is 20.3. The number of hydrogen-bond donors (Lipinski definition) is 1. The van der Waals surface area contributed by atoms with E-state index in [4.69, 9.17) is 27.6 Å². The molecule has 38 heavy (non-hydrogen) atoms. The first-order valence-electron chi connectivity index (χ1n) is 11.9. The van der Waals surface area contributed by atoms with Crippen LogP contribution in [0.3, 0.4) is 0 Å². The lowest BCUT2D eigenvalue weighted by molar-refractivity contribution is -0.137. The van der Waals surface area contributed by atoms with Crippen molar-refractivity contribution in [3.05, 3.63) is 129 Å². The standard InChI is InChI=1S/C29H25Cl2F3N2O2/c30-24-11-8-22(26(31)16-24)14-15-35-28(37)27-13-12-25(38-27)19-36(17-20-4-2-1-3-5-20)18-21-6-9-23(10-7-21)29(32,33)34/h1-13,16H,14-15,17-19H2,(H,35,37). The Balaban J connectivity index is 1.39. The van der Waals surface area contributed by atoms with Crippen molar-refractivity contribution in [2.75, 3.05) is 6.54 Å². The van der Waals surface area contributed by atoms with Gasteiger partial charge < -0.3 is 9.73 Å². The molecule has 0 saturated heterocycles. The minimum absolute atomic E-state index is 0.177. The molecule has 0 radical (unpaired) electrons. The number of amides is 1. The SMILES string of the molecule is O=C(NCCc1ccc(Cl)cc1Cl)c1ccc(CN(Cc2ccccc2)Cc2ccc(C(F)(F)F)cc2)o1. The Morgan fingerprint density at radius 3 is 2.18 bits per heavy atom.